The van der Waals surface area contributed by atoms with Crippen LogP contribution in [0.2, 0.25) is 0 Å². The fourth-order valence-electron chi connectivity index (χ4n) is 2.80. The Bertz CT molecular complexity index is 453. The molecule has 3 atom stereocenters. The van der Waals surface area contributed by atoms with Crippen molar-refractivity contribution in [1.82, 2.24) is 10.3 Å². The summed E-state index contributed by atoms with van der Waals surface area (Å²) < 4.78 is 0. The van der Waals surface area contributed by atoms with E-state index in [1.807, 2.05) is 13.0 Å². The molecule has 1 heterocycles. The third kappa shape index (κ3) is 3.21. The number of hydrogen-bond donors (Lipinski definition) is 3. The first-order valence-electron chi connectivity index (χ1n) is 6.72. The average molecular weight is 250 g/mol. The van der Waals surface area contributed by atoms with E-state index in [2.05, 4.69) is 17.2 Å². The summed E-state index contributed by atoms with van der Waals surface area (Å²) in [6.45, 7) is 3.90. The van der Waals surface area contributed by atoms with Gasteiger partial charge in [0.25, 0.3) is 0 Å². The molecule has 0 amide bonds. The molecule has 0 saturated heterocycles. The van der Waals surface area contributed by atoms with E-state index in [1.54, 1.807) is 6.07 Å². The molecule has 1 aliphatic carbocycles. The quantitative estimate of drug-likeness (QED) is 0.758. The van der Waals surface area contributed by atoms with E-state index in [0.29, 0.717) is 6.04 Å². The van der Waals surface area contributed by atoms with Gasteiger partial charge in [-0.2, -0.15) is 0 Å². The SMILES string of the molecule is CC(O)CC(C)NC1CCCc2[nH]c(=O)ccc21. The molecule has 3 N–H and O–H groups in total. The van der Waals surface area contributed by atoms with Gasteiger partial charge in [0.2, 0.25) is 5.56 Å². The van der Waals surface area contributed by atoms with Gasteiger partial charge in [0.1, 0.15) is 0 Å². The van der Waals surface area contributed by atoms with E-state index < -0.39 is 0 Å². The second-order valence-corrected chi connectivity index (χ2v) is 5.35. The van der Waals surface area contributed by atoms with Gasteiger partial charge in [0.05, 0.1) is 6.10 Å². The van der Waals surface area contributed by atoms with Crippen molar-refractivity contribution in [3.8, 4) is 0 Å². The number of aliphatic hydroxyl groups excluding tert-OH is 1. The first kappa shape index (κ1) is 13.3. The van der Waals surface area contributed by atoms with Crippen LogP contribution in [0.25, 0.3) is 0 Å². The number of fused-ring (bicyclic) bond motifs is 1. The summed E-state index contributed by atoms with van der Waals surface area (Å²) >= 11 is 0. The van der Waals surface area contributed by atoms with Crippen LogP contribution >= 0.6 is 0 Å². The molecule has 100 valence electrons. The fourth-order valence-corrected chi connectivity index (χ4v) is 2.80. The Labute approximate surface area is 107 Å². The van der Waals surface area contributed by atoms with Gasteiger partial charge in [0, 0.05) is 23.8 Å². The van der Waals surface area contributed by atoms with Crippen LogP contribution < -0.4 is 10.9 Å². The van der Waals surface area contributed by atoms with Crippen LogP contribution in [0.5, 0.6) is 0 Å². The standard InChI is InChI=1S/C14H22N2O2/c1-9(8-10(2)17)15-12-4-3-5-13-11(12)6-7-14(18)16-13/h6-7,9-10,12,15,17H,3-5,8H2,1-2H3,(H,16,18). The average Bonchev–Trinajstić information content (AvgIpc) is 2.27. The molecule has 1 aliphatic rings. The molecule has 0 aromatic carbocycles. The van der Waals surface area contributed by atoms with Gasteiger partial charge < -0.3 is 15.4 Å². The maximum absolute atomic E-state index is 11.3. The highest BCUT2D eigenvalue weighted by Crippen LogP contribution is 2.28. The molecule has 4 heteroatoms. The maximum atomic E-state index is 11.3. The molecular weight excluding hydrogens is 228 g/mol. The lowest BCUT2D eigenvalue weighted by molar-refractivity contribution is 0.167. The Balaban J connectivity index is 2.10. The summed E-state index contributed by atoms with van der Waals surface area (Å²) in [6, 6.07) is 4.09. The monoisotopic (exact) mass is 250 g/mol. The van der Waals surface area contributed by atoms with Crippen molar-refractivity contribution in [2.75, 3.05) is 0 Å². The van der Waals surface area contributed by atoms with Crippen molar-refractivity contribution in [1.29, 1.82) is 0 Å². The number of aryl methyl sites for hydroxylation is 1. The smallest absolute Gasteiger partial charge is 0.248 e. The molecule has 0 saturated carbocycles. The molecule has 3 unspecified atom stereocenters. The molecule has 0 radical (unpaired) electrons. The third-order valence-corrected chi connectivity index (χ3v) is 3.51. The molecule has 2 rings (SSSR count). The number of aromatic amines is 1. The topological polar surface area (TPSA) is 65.1 Å². The second-order valence-electron chi connectivity index (χ2n) is 5.35. The van der Waals surface area contributed by atoms with Gasteiger partial charge >= 0.3 is 0 Å². The number of rotatable bonds is 4. The van der Waals surface area contributed by atoms with Gasteiger partial charge in [-0.25, -0.2) is 0 Å². The fraction of sp³-hybridized carbons (Fsp3) is 0.643. The third-order valence-electron chi connectivity index (χ3n) is 3.51. The van der Waals surface area contributed by atoms with Gasteiger partial charge in [-0.1, -0.05) is 6.07 Å². The number of aromatic nitrogens is 1. The van der Waals surface area contributed by atoms with Crippen molar-refractivity contribution in [2.45, 2.75) is 57.7 Å². The minimum absolute atomic E-state index is 0.0218. The first-order chi connectivity index (χ1) is 8.56. The Morgan fingerprint density at radius 1 is 1.50 bits per heavy atom. The molecule has 0 spiro atoms. The Morgan fingerprint density at radius 3 is 3.00 bits per heavy atom. The van der Waals surface area contributed by atoms with Crippen LogP contribution in [-0.4, -0.2) is 22.2 Å². The normalized spacial score (nSPS) is 22.3. The van der Waals surface area contributed by atoms with E-state index in [9.17, 15) is 9.90 Å². The minimum Gasteiger partial charge on any atom is -0.393 e. The molecule has 0 bridgehead atoms. The summed E-state index contributed by atoms with van der Waals surface area (Å²) in [6.07, 6.45) is 3.59. The Morgan fingerprint density at radius 2 is 2.28 bits per heavy atom. The first-order valence-corrected chi connectivity index (χ1v) is 6.72. The highest BCUT2D eigenvalue weighted by atomic mass is 16.3. The largest absolute Gasteiger partial charge is 0.393 e. The van der Waals surface area contributed by atoms with Crippen molar-refractivity contribution in [2.24, 2.45) is 0 Å². The zero-order chi connectivity index (χ0) is 13.1. The summed E-state index contributed by atoms with van der Waals surface area (Å²) in [4.78, 5) is 14.2. The molecule has 18 heavy (non-hydrogen) atoms. The van der Waals surface area contributed by atoms with Crippen LogP contribution in [0.1, 0.15) is 50.4 Å². The summed E-state index contributed by atoms with van der Waals surface area (Å²) in [5.41, 5.74) is 2.25. The Kier molecular flexibility index (Phi) is 4.19. The van der Waals surface area contributed by atoms with Crippen LogP contribution in [-0.2, 0) is 6.42 Å². The van der Waals surface area contributed by atoms with Crippen molar-refractivity contribution >= 4 is 0 Å². The van der Waals surface area contributed by atoms with Crippen molar-refractivity contribution < 1.29 is 5.11 Å². The summed E-state index contributed by atoms with van der Waals surface area (Å²) in [5, 5.41) is 12.9. The molecule has 4 nitrogen and oxygen atoms in total. The zero-order valence-electron chi connectivity index (χ0n) is 11.1. The van der Waals surface area contributed by atoms with Gasteiger partial charge in [0.15, 0.2) is 0 Å². The predicted octanol–water partition coefficient (Wildman–Crippen LogP) is 1.50. The van der Waals surface area contributed by atoms with E-state index in [1.165, 1.54) is 5.56 Å². The lowest BCUT2D eigenvalue weighted by Gasteiger charge is -2.29. The van der Waals surface area contributed by atoms with E-state index in [-0.39, 0.29) is 17.7 Å². The maximum Gasteiger partial charge on any atom is 0.248 e. The van der Waals surface area contributed by atoms with Crippen LogP contribution in [0, 0.1) is 0 Å². The summed E-state index contributed by atoms with van der Waals surface area (Å²) in [7, 11) is 0. The molecular formula is C14H22N2O2. The molecule has 1 aromatic heterocycles. The van der Waals surface area contributed by atoms with Gasteiger partial charge in [-0.15, -0.1) is 0 Å². The number of nitrogens with one attached hydrogen (secondary N) is 2. The van der Waals surface area contributed by atoms with Gasteiger partial charge in [-0.3, -0.25) is 4.79 Å². The van der Waals surface area contributed by atoms with Crippen molar-refractivity contribution in [3.63, 3.8) is 0 Å². The van der Waals surface area contributed by atoms with Gasteiger partial charge in [-0.05, 0) is 45.1 Å². The lowest BCUT2D eigenvalue weighted by Crippen LogP contribution is -2.35. The van der Waals surface area contributed by atoms with E-state index in [4.69, 9.17) is 0 Å². The molecule has 0 fully saturated rings. The van der Waals surface area contributed by atoms with E-state index >= 15 is 0 Å². The van der Waals surface area contributed by atoms with Crippen LogP contribution in [0.15, 0.2) is 16.9 Å². The molecule has 1 aromatic rings. The lowest BCUT2D eigenvalue weighted by atomic mass is 9.90. The van der Waals surface area contributed by atoms with Crippen molar-refractivity contribution in [3.05, 3.63) is 33.7 Å². The van der Waals surface area contributed by atoms with Crippen LogP contribution in [0.4, 0.5) is 0 Å². The minimum atomic E-state index is -0.286. The highest BCUT2D eigenvalue weighted by Gasteiger charge is 2.22. The van der Waals surface area contributed by atoms with E-state index in [0.717, 1.165) is 31.4 Å². The second kappa shape index (κ2) is 5.67. The number of H-pyrrole nitrogens is 1. The predicted molar refractivity (Wildman–Crippen MR) is 71.6 cm³/mol. The number of hydrogen-bond acceptors (Lipinski definition) is 3. The highest BCUT2D eigenvalue weighted by molar-refractivity contribution is 5.26. The zero-order valence-corrected chi connectivity index (χ0v) is 11.1. The van der Waals surface area contributed by atoms with Crippen LogP contribution in [0.3, 0.4) is 0 Å². The Hall–Kier alpha value is -1.13. The number of pyridine rings is 1. The summed E-state index contributed by atoms with van der Waals surface area (Å²) in [5.74, 6) is 0. The number of aliphatic hydroxyl groups is 1. The molecule has 0 aliphatic heterocycles.